The van der Waals surface area contributed by atoms with Crippen molar-refractivity contribution in [1.29, 1.82) is 5.26 Å². The molecular weight excluding hydrogens is 467 g/mol. The van der Waals surface area contributed by atoms with Crippen LogP contribution >= 0.6 is 11.6 Å². The van der Waals surface area contributed by atoms with Crippen molar-refractivity contribution in [3.8, 4) is 22.9 Å². The van der Waals surface area contributed by atoms with Crippen molar-refractivity contribution in [3.63, 3.8) is 0 Å². The minimum absolute atomic E-state index is 0.0220. The lowest BCUT2D eigenvalue weighted by molar-refractivity contribution is 0.236. The van der Waals surface area contributed by atoms with Gasteiger partial charge in [-0.2, -0.15) is 14.0 Å². The van der Waals surface area contributed by atoms with Crippen LogP contribution in [0, 0.1) is 17.1 Å². The molecule has 32 heavy (non-hydrogen) atoms. The molecule has 0 amide bonds. The second-order valence-electron chi connectivity index (χ2n) is 6.48. The normalized spacial score (nSPS) is 11.2. The fourth-order valence-electron chi connectivity index (χ4n) is 2.80. The molecule has 0 aliphatic heterocycles. The summed E-state index contributed by atoms with van der Waals surface area (Å²) in [6, 6.07) is 13.3. The molecule has 1 aromatic heterocycles. The van der Waals surface area contributed by atoms with Gasteiger partial charge in [0.2, 0.25) is 0 Å². The molecular formula is C21H15ClF3N3O3S. The standard InChI is InChI=1S/C21H15ClF3N3O3S/c22-20-17(12-26)16(7-9-27-20)14-3-6-18(28-32(29,30)21(24)25)19(11-14)31-10-8-13-1-4-15(23)5-2-13/h1-7,9,11,21,28H,8,10H2. The number of benzene rings is 2. The Morgan fingerprint density at radius 3 is 2.53 bits per heavy atom. The number of alkyl halides is 2. The van der Waals surface area contributed by atoms with Crippen LogP contribution in [0.25, 0.3) is 11.1 Å². The summed E-state index contributed by atoms with van der Waals surface area (Å²) < 4.78 is 69.5. The zero-order valence-electron chi connectivity index (χ0n) is 16.2. The molecule has 166 valence electrons. The van der Waals surface area contributed by atoms with E-state index in [0.29, 0.717) is 17.5 Å². The highest BCUT2D eigenvalue weighted by Crippen LogP contribution is 2.35. The highest BCUT2D eigenvalue weighted by Gasteiger charge is 2.25. The Balaban J connectivity index is 1.94. The van der Waals surface area contributed by atoms with Gasteiger partial charge in [0.15, 0.2) is 0 Å². The zero-order chi connectivity index (χ0) is 23.3. The van der Waals surface area contributed by atoms with Crippen molar-refractivity contribution in [2.45, 2.75) is 12.2 Å². The number of nitrogens with one attached hydrogen (secondary N) is 1. The first-order valence-corrected chi connectivity index (χ1v) is 11.0. The number of aromatic nitrogens is 1. The van der Waals surface area contributed by atoms with Gasteiger partial charge >= 0.3 is 5.76 Å². The first-order chi connectivity index (χ1) is 15.2. The lowest BCUT2D eigenvalue weighted by atomic mass is 10.0. The molecule has 0 aliphatic carbocycles. The van der Waals surface area contributed by atoms with E-state index >= 15 is 0 Å². The van der Waals surface area contributed by atoms with Gasteiger partial charge in [0.1, 0.15) is 22.8 Å². The van der Waals surface area contributed by atoms with Gasteiger partial charge in [-0.05, 0) is 41.5 Å². The van der Waals surface area contributed by atoms with Gasteiger partial charge in [0.25, 0.3) is 10.0 Å². The van der Waals surface area contributed by atoms with Gasteiger partial charge < -0.3 is 4.74 Å². The van der Waals surface area contributed by atoms with Gasteiger partial charge in [-0.15, -0.1) is 0 Å². The predicted octanol–water partition coefficient (Wildman–Crippen LogP) is 5.00. The number of rotatable bonds is 8. The van der Waals surface area contributed by atoms with Crippen molar-refractivity contribution in [1.82, 2.24) is 4.98 Å². The van der Waals surface area contributed by atoms with Crippen LogP contribution < -0.4 is 9.46 Å². The summed E-state index contributed by atoms with van der Waals surface area (Å²) in [5.41, 5.74) is 1.48. The SMILES string of the molecule is N#Cc1c(-c2ccc(NS(=O)(=O)C(F)F)c(OCCc3ccc(F)cc3)c2)ccnc1Cl. The molecule has 0 saturated heterocycles. The van der Waals surface area contributed by atoms with Crippen LogP contribution in [0.15, 0.2) is 54.7 Å². The maximum atomic E-state index is 13.1. The smallest absolute Gasteiger partial charge is 0.355 e. The summed E-state index contributed by atoms with van der Waals surface area (Å²) in [6.07, 6.45) is 1.73. The van der Waals surface area contributed by atoms with Crippen molar-refractivity contribution in [2.24, 2.45) is 0 Å². The summed E-state index contributed by atoms with van der Waals surface area (Å²) in [7, 11) is -4.94. The number of halogens is 4. The van der Waals surface area contributed by atoms with Crippen molar-refractivity contribution < 1.29 is 26.3 Å². The topological polar surface area (TPSA) is 92.1 Å². The van der Waals surface area contributed by atoms with Gasteiger partial charge in [-0.25, -0.2) is 17.8 Å². The summed E-state index contributed by atoms with van der Waals surface area (Å²) in [6.45, 7) is 0.0424. The van der Waals surface area contributed by atoms with E-state index in [2.05, 4.69) is 4.98 Å². The van der Waals surface area contributed by atoms with E-state index < -0.39 is 21.6 Å². The fraction of sp³-hybridized carbons (Fsp3) is 0.143. The maximum Gasteiger partial charge on any atom is 0.355 e. The lowest BCUT2D eigenvalue weighted by Gasteiger charge is -2.15. The third kappa shape index (κ3) is 5.49. The highest BCUT2D eigenvalue weighted by molar-refractivity contribution is 7.93. The Morgan fingerprint density at radius 1 is 1.16 bits per heavy atom. The summed E-state index contributed by atoms with van der Waals surface area (Å²) in [4.78, 5) is 3.84. The molecule has 0 fully saturated rings. The number of hydrogen-bond donors (Lipinski definition) is 1. The van der Waals surface area contributed by atoms with Gasteiger partial charge in [0, 0.05) is 18.2 Å². The third-order valence-electron chi connectivity index (χ3n) is 4.36. The molecule has 3 aromatic rings. The largest absolute Gasteiger partial charge is 0.491 e. The second kappa shape index (κ2) is 9.89. The number of sulfonamides is 1. The van der Waals surface area contributed by atoms with Crippen LogP contribution in [0.3, 0.4) is 0 Å². The Labute approximate surface area is 187 Å². The number of hydrogen-bond acceptors (Lipinski definition) is 5. The molecule has 2 aromatic carbocycles. The Morgan fingerprint density at radius 2 is 1.88 bits per heavy atom. The number of ether oxygens (including phenoxy) is 1. The molecule has 0 saturated carbocycles. The fourth-order valence-corrected chi connectivity index (χ4v) is 3.57. The first kappa shape index (κ1) is 23.4. The number of anilines is 1. The number of pyridine rings is 1. The minimum atomic E-state index is -4.94. The van der Waals surface area contributed by atoms with Gasteiger partial charge in [-0.3, -0.25) is 4.72 Å². The molecule has 3 rings (SSSR count). The van der Waals surface area contributed by atoms with Gasteiger partial charge in [0.05, 0.1) is 17.9 Å². The van der Waals surface area contributed by atoms with E-state index in [1.807, 2.05) is 6.07 Å². The van der Waals surface area contributed by atoms with E-state index in [4.69, 9.17) is 16.3 Å². The molecule has 0 spiro atoms. The maximum absolute atomic E-state index is 13.1. The van der Waals surface area contributed by atoms with Crippen LogP contribution in [0.2, 0.25) is 5.15 Å². The first-order valence-electron chi connectivity index (χ1n) is 9.07. The lowest BCUT2D eigenvalue weighted by Crippen LogP contribution is -2.21. The Hall–Kier alpha value is -3.29. The van der Waals surface area contributed by atoms with E-state index in [1.165, 1.54) is 42.6 Å². The van der Waals surface area contributed by atoms with E-state index in [1.54, 1.807) is 16.9 Å². The molecule has 11 heteroatoms. The summed E-state index contributed by atoms with van der Waals surface area (Å²) >= 11 is 5.97. The average molecular weight is 482 g/mol. The molecule has 6 nitrogen and oxygen atoms in total. The van der Waals surface area contributed by atoms with E-state index in [9.17, 15) is 26.9 Å². The molecule has 1 heterocycles. The Kier molecular flexibility index (Phi) is 7.22. The third-order valence-corrected chi connectivity index (χ3v) is 5.62. The number of nitrogens with zero attached hydrogens (tertiary/aromatic N) is 2. The van der Waals surface area contributed by atoms with E-state index in [-0.39, 0.29) is 28.8 Å². The predicted molar refractivity (Wildman–Crippen MR) is 114 cm³/mol. The quantitative estimate of drug-likeness (QED) is 0.457. The van der Waals surface area contributed by atoms with Gasteiger partial charge in [-0.1, -0.05) is 29.8 Å². The van der Waals surface area contributed by atoms with Crippen LogP contribution in [-0.4, -0.2) is 25.8 Å². The minimum Gasteiger partial charge on any atom is -0.491 e. The van der Waals surface area contributed by atoms with Crippen LogP contribution in [0.1, 0.15) is 11.1 Å². The zero-order valence-corrected chi connectivity index (χ0v) is 17.8. The monoisotopic (exact) mass is 481 g/mol. The number of nitriles is 1. The van der Waals surface area contributed by atoms with Crippen molar-refractivity contribution in [3.05, 3.63) is 76.8 Å². The molecule has 1 N–H and O–H groups in total. The molecule has 0 aliphatic rings. The molecule has 0 unspecified atom stereocenters. The molecule has 0 atom stereocenters. The highest BCUT2D eigenvalue weighted by atomic mass is 35.5. The summed E-state index contributed by atoms with van der Waals surface area (Å²) in [5.74, 6) is -4.07. The van der Waals surface area contributed by atoms with Crippen molar-refractivity contribution >= 4 is 27.3 Å². The van der Waals surface area contributed by atoms with Crippen LogP contribution in [0.4, 0.5) is 18.9 Å². The summed E-state index contributed by atoms with van der Waals surface area (Å²) in [5, 5.41) is 9.36. The van der Waals surface area contributed by atoms with E-state index in [0.717, 1.165) is 5.56 Å². The molecule has 0 bridgehead atoms. The Bertz CT molecular complexity index is 1260. The second-order valence-corrected chi connectivity index (χ2v) is 8.49. The average Bonchev–Trinajstić information content (AvgIpc) is 2.75. The van der Waals surface area contributed by atoms with Crippen molar-refractivity contribution in [2.75, 3.05) is 11.3 Å². The van der Waals surface area contributed by atoms with Crippen LogP contribution in [-0.2, 0) is 16.4 Å². The molecule has 0 radical (unpaired) electrons. The van der Waals surface area contributed by atoms with Crippen LogP contribution in [0.5, 0.6) is 5.75 Å².